The van der Waals surface area contributed by atoms with Crippen LogP contribution in [0.25, 0.3) is 0 Å². The van der Waals surface area contributed by atoms with Crippen LogP contribution in [0.3, 0.4) is 0 Å². The second-order valence-corrected chi connectivity index (χ2v) is 7.55. The summed E-state index contributed by atoms with van der Waals surface area (Å²) in [7, 11) is 2.03. The van der Waals surface area contributed by atoms with Gasteiger partial charge in [-0.2, -0.15) is 5.10 Å². The van der Waals surface area contributed by atoms with Gasteiger partial charge in [-0.25, -0.2) is 0 Å². The molecule has 0 amide bonds. The maximum atomic E-state index is 4.46. The van der Waals surface area contributed by atoms with Gasteiger partial charge >= 0.3 is 0 Å². The molecule has 2 atom stereocenters. The van der Waals surface area contributed by atoms with Crippen molar-refractivity contribution in [1.29, 1.82) is 0 Å². The monoisotopic (exact) mass is 329 g/mol. The maximum Gasteiger partial charge on any atom is 0.0738 e. The lowest BCUT2D eigenvalue weighted by molar-refractivity contribution is 0.314. The highest BCUT2D eigenvalue weighted by molar-refractivity contribution is 9.10. The van der Waals surface area contributed by atoms with Crippen LogP contribution < -0.4 is 5.32 Å². The van der Waals surface area contributed by atoms with Gasteiger partial charge in [0.05, 0.1) is 15.9 Å². The fourth-order valence-electron chi connectivity index (χ4n) is 2.08. The van der Waals surface area contributed by atoms with Gasteiger partial charge in [-0.1, -0.05) is 13.8 Å². The third-order valence-corrected chi connectivity index (χ3v) is 4.73. The number of nitrogens with one attached hydrogen (secondary N) is 1. The molecule has 0 bridgehead atoms. The molecule has 0 aliphatic heterocycles. The van der Waals surface area contributed by atoms with E-state index in [4.69, 9.17) is 0 Å². The molecular weight excluding hydrogens is 302 g/mol. The van der Waals surface area contributed by atoms with Crippen LogP contribution in [0.1, 0.15) is 46.0 Å². The highest BCUT2D eigenvalue weighted by Crippen LogP contribution is 2.25. The van der Waals surface area contributed by atoms with Crippen molar-refractivity contribution >= 4 is 15.9 Å². The summed E-state index contributed by atoms with van der Waals surface area (Å²) in [5.41, 5.74) is 2.57. The zero-order valence-electron chi connectivity index (χ0n) is 13.3. The SMILES string of the molecule is Cc1nn(C)c(CC(C)C(C)CNC(C)(C)C)c1Br. The lowest BCUT2D eigenvalue weighted by Crippen LogP contribution is -2.40. The molecule has 0 aromatic carbocycles. The van der Waals surface area contributed by atoms with Crippen LogP contribution >= 0.6 is 15.9 Å². The summed E-state index contributed by atoms with van der Waals surface area (Å²) in [6, 6.07) is 0. The fourth-order valence-corrected chi connectivity index (χ4v) is 2.57. The van der Waals surface area contributed by atoms with Crippen molar-refractivity contribution in [3.63, 3.8) is 0 Å². The Morgan fingerprint density at radius 3 is 2.26 bits per heavy atom. The Balaban J connectivity index is 2.61. The summed E-state index contributed by atoms with van der Waals surface area (Å²) in [6.45, 7) is 14.4. The Kier molecular flexibility index (Phi) is 5.63. The quantitative estimate of drug-likeness (QED) is 0.892. The average molecular weight is 330 g/mol. The highest BCUT2D eigenvalue weighted by atomic mass is 79.9. The lowest BCUT2D eigenvalue weighted by Gasteiger charge is -2.26. The molecule has 110 valence electrons. The molecule has 0 aliphatic carbocycles. The van der Waals surface area contributed by atoms with E-state index in [-0.39, 0.29) is 5.54 Å². The number of aryl methyl sites for hydroxylation is 2. The maximum absolute atomic E-state index is 4.46. The third-order valence-electron chi connectivity index (χ3n) is 3.70. The van der Waals surface area contributed by atoms with E-state index in [1.54, 1.807) is 0 Å². The summed E-state index contributed by atoms with van der Waals surface area (Å²) in [5.74, 6) is 1.27. The minimum atomic E-state index is 0.192. The van der Waals surface area contributed by atoms with Crippen molar-refractivity contribution in [3.05, 3.63) is 15.9 Å². The van der Waals surface area contributed by atoms with Gasteiger partial charge in [0.25, 0.3) is 0 Å². The Morgan fingerprint density at radius 2 is 1.84 bits per heavy atom. The van der Waals surface area contributed by atoms with Crippen molar-refractivity contribution < 1.29 is 0 Å². The van der Waals surface area contributed by atoms with Crippen LogP contribution in [0.4, 0.5) is 0 Å². The second-order valence-electron chi connectivity index (χ2n) is 6.76. The van der Waals surface area contributed by atoms with Gasteiger partial charge in [0, 0.05) is 12.6 Å². The first kappa shape index (κ1) is 16.7. The van der Waals surface area contributed by atoms with Crippen molar-refractivity contribution in [2.45, 2.75) is 53.5 Å². The Labute approximate surface area is 126 Å². The minimum absolute atomic E-state index is 0.192. The van der Waals surface area contributed by atoms with Crippen molar-refractivity contribution in [2.24, 2.45) is 18.9 Å². The van der Waals surface area contributed by atoms with Gasteiger partial charge < -0.3 is 5.32 Å². The van der Waals surface area contributed by atoms with Crippen molar-refractivity contribution in [3.8, 4) is 0 Å². The second kappa shape index (κ2) is 6.40. The molecule has 0 saturated heterocycles. The first-order valence-corrected chi connectivity index (χ1v) is 7.84. The van der Waals surface area contributed by atoms with E-state index in [0.29, 0.717) is 11.8 Å². The summed E-state index contributed by atoms with van der Waals surface area (Å²) < 4.78 is 3.16. The van der Waals surface area contributed by atoms with Gasteiger partial charge in [-0.15, -0.1) is 0 Å². The molecule has 3 nitrogen and oxygen atoms in total. The van der Waals surface area contributed by atoms with Gasteiger partial charge in [0.1, 0.15) is 0 Å². The molecule has 0 fully saturated rings. The van der Waals surface area contributed by atoms with Gasteiger partial charge in [0.15, 0.2) is 0 Å². The first-order valence-electron chi connectivity index (χ1n) is 7.05. The average Bonchev–Trinajstić information content (AvgIpc) is 2.51. The molecule has 19 heavy (non-hydrogen) atoms. The van der Waals surface area contributed by atoms with Gasteiger partial charge in [-0.05, 0) is 68.4 Å². The molecule has 1 rings (SSSR count). The van der Waals surface area contributed by atoms with Crippen LogP contribution in [-0.4, -0.2) is 21.9 Å². The zero-order chi connectivity index (χ0) is 14.8. The molecule has 1 N–H and O–H groups in total. The molecule has 1 heterocycles. The number of nitrogens with zero attached hydrogens (tertiary/aromatic N) is 2. The fraction of sp³-hybridized carbons (Fsp3) is 0.800. The molecular formula is C15H28BrN3. The third kappa shape index (κ3) is 4.92. The molecule has 0 radical (unpaired) electrons. The molecule has 1 aromatic heterocycles. The van der Waals surface area contributed by atoms with Crippen LogP contribution in [0, 0.1) is 18.8 Å². The first-order chi connectivity index (χ1) is 8.61. The number of hydrogen-bond donors (Lipinski definition) is 1. The molecule has 4 heteroatoms. The van der Waals surface area contributed by atoms with E-state index in [2.05, 4.69) is 61.0 Å². The molecule has 1 aromatic rings. The van der Waals surface area contributed by atoms with Crippen LogP contribution in [0.5, 0.6) is 0 Å². The minimum Gasteiger partial charge on any atom is -0.312 e. The van der Waals surface area contributed by atoms with E-state index >= 15 is 0 Å². The zero-order valence-corrected chi connectivity index (χ0v) is 14.9. The predicted molar refractivity (Wildman–Crippen MR) is 85.4 cm³/mol. The topological polar surface area (TPSA) is 29.9 Å². The Morgan fingerprint density at radius 1 is 1.26 bits per heavy atom. The normalized spacial score (nSPS) is 15.6. The van der Waals surface area contributed by atoms with E-state index in [0.717, 1.165) is 23.1 Å². The van der Waals surface area contributed by atoms with Gasteiger partial charge in [-0.3, -0.25) is 4.68 Å². The molecule has 0 saturated carbocycles. The summed E-state index contributed by atoms with van der Waals surface area (Å²) in [6.07, 6.45) is 1.06. The smallest absolute Gasteiger partial charge is 0.0738 e. The van der Waals surface area contributed by atoms with Crippen molar-refractivity contribution in [2.75, 3.05) is 6.54 Å². The number of hydrogen-bond acceptors (Lipinski definition) is 2. The van der Waals surface area contributed by atoms with Crippen LogP contribution in [0.15, 0.2) is 4.47 Å². The summed E-state index contributed by atoms with van der Waals surface area (Å²) in [5, 5.41) is 8.05. The van der Waals surface area contributed by atoms with Crippen LogP contribution in [-0.2, 0) is 13.5 Å². The predicted octanol–water partition coefficient (Wildman–Crippen LogP) is 3.69. The molecule has 0 spiro atoms. The summed E-state index contributed by atoms with van der Waals surface area (Å²) in [4.78, 5) is 0. The van der Waals surface area contributed by atoms with E-state index in [1.165, 1.54) is 5.69 Å². The highest BCUT2D eigenvalue weighted by Gasteiger charge is 2.19. The van der Waals surface area contributed by atoms with E-state index < -0.39 is 0 Å². The van der Waals surface area contributed by atoms with E-state index in [1.807, 2.05) is 18.7 Å². The molecule has 0 aliphatic rings. The van der Waals surface area contributed by atoms with E-state index in [9.17, 15) is 0 Å². The van der Waals surface area contributed by atoms with Gasteiger partial charge in [0.2, 0.25) is 0 Å². The van der Waals surface area contributed by atoms with Crippen molar-refractivity contribution in [1.82, 2.24) is 15.1 Å². The largest absolute Gasteiger partial charge is 0.312 e. The van der Waals surface area contributed by atoms with Crippen LogP contribution in [0.2, 0.25) is 0 Å². The standard InChI is InChI=1S/C15H28BrN3/c1-10(11(2)9-17-15(4,5)6)8-13-14(16)12(3)18-19(13)7/h10-11,17H,8-9H2,1-7H3. The number of halogens is 1. The number of aromatic nitrogens is 2. The Hall–Kier alpha value is -0.350. The molecule has 2 unspecified atom stereocenters. The lowest BCUT2D eigenvalue weighted by atomic mass is 9.90. The Bertz CT molecular complexity index is 418. The number of rotatable bonds is 5. The summed E-state index contributed by atoms with van der Waals surface area (Å²) >= 11 is 3.65.